The molecule has 4 N–H and O–H groups in total. The lowest BCUT2D eigenvalue weighted by Crippen LogP contribution is -2.16. The molecule has 0 unspecified atom stereocenters. The molecule has 2 aromatic rings. The molecular weight excluding hydrogens is 292 g/mol. The number of nitrogens with one attached hydrogen (secondary N) is 2. The van der Waals surface area contributed by atoms with Crippen molar-refractivity contribution in [3.63, 3.8) is 0 Å². The molecular formula is C9H9ClN6O2S. The normalized spacial score (nSPS) is 11.1. The first-order chi connectivity index (χ1) is 9.03. The van der Waals surface area contributed by atoms with Gasteiger partial charge < -0.3 is 0 Å². The number of halogens is 1. The Kier molecular flexibility index (Phi) is 3.79. The first-order valence-electron chi connectivity index (χ1n) is 4.95. The third-order valence-corrected chi connectivity index (χ3v) is 3.66. The summed E-state index contributed by atoms with van der Waals surface area (Å²) in [6.45, 7) is 0. The van der Waals surface area contributed by atoms with Crippen molar-refractivity contribution in [1.29, 1.82) is 0 Å². The minimum Gasteiger partial charge on any atom is -0.292 e. The SMILES string of the molecule is NNc1ncc(S(=O)(=O)Nc2ncccc2Cl)cn1. The topological polar surface area (TPSA) is 123 Å². The average Bonchev–Trinajstić information content (AvgIpc) is 2.41. The van der Waals surface area contributed by atoms with E-state index in [0.717, 1.165) is 12.4 Å². The maximum Gasteiger partial charge on any atom is 0.266 e. The summed E-state index contributed by atoms with van der Waals surface area (Å²) in [6, 6.07) is 3.11. The molecule has 2 aromatic heterocycles. The van der Waals surface area contributed by atoms with E-state index in [-0.39, 0.29) is 21.7 Å². The van der Waals surface area contributed by atoms with Crippen molar-refractivity contribution in [3.8, 4) is 0 Å². The quantitative estimate of drug-likeness (QED) is 0.558. The van der Waals surface area contributed by atoms with Gasteiger partial charge in [-0.05, 0) is 12.1 Å². The molecule has 0 saturated heterocycles. The molecule has 0 amide bonds. The predicted octanol–water partition coefficient (Wildman–Crippen LogP) is 0.611. The Balaban J connectivity index is 2.30. The zero-order valence-corrected chi connectivity index (χ0v) is 11.0. The van der Waals surface area contributed by atoms with Crippen molar-refractivity contribution < 1.29 is 8.42 Å². The van der Waals surface area contributed by atoms with E-state index in [0.29, 0.717) is 0 Å². The number of pyridine rings is 1. The fourth-order valence-electron chi connectivity index (χ4n) is 1.18. The molecule has 0 radical (unpaired) electrons. The highest BCUT2D eigenvalue weighted by atomic mass is 35.5. The molecule has 8 nitrogen and oxygen atoms in total. The van der Waals surface area contributed by atoms with Gasteiger partial charge in [0, 0.05) is 6.20 Å². The van der Waals surface area contributed by atoms with E-state index in [2.05, 4.69) is 25.1 Å². The van der Waals surface area contributed by atoms with E-state index in [1.807, 2.05) is 0 Å². The molecule has 0 fully saturated rings. The second kappa shape index (κ2) is 5.34. The summed E-state index contributed by atoms with van der Waals surface area (Å²) < 4.78 is 26.3. The monoisotopic (exact) mass is 300 g/mol. The molecule has 0 spiro atoms. The van der Waals surface area contributed by atoms with Gasteiger partial charge in [-0.15, -0.1) is 0 Å². The fraction of sp³-hybridized carbons (Fsp3) is 0. The Hall–Kier alpha value is -1.97. The standard InChI is InChI=1S/C9H9ClN6O2S/c10-7-2-1-3-12-8(7)16-19(17,18)6-4-13-9(15-11)14-5-6/h1-5H,11H2,(H,12,16)(H,13,14,15). The number of nitrogens with two attached hydrogens (primary N) is 1. The molecule has 0 saturated carbocycles. The van der Waals surface area contributed by atoms with Crippen LogP contribution in [0.3, 0.4) is 0 Å². The number of hydrazine groups is 1. The maximum atomic E-state index is 12.0. The van der Waals surface area contributed by atoms with Crippen LogP contribution >= 0.6 is 11.6 Å². The highest BCUT2D eigenvalue weighted by Gasteiger charge is 2.17. The molecule has 0 atom stereocenters. The lowest BCUT2D eigenvalue weighted by molar-refractivity contribution is 0.600. The largest absolute Gasteiger partial charge is 0.292 e. The van der Waals surface area contributed by atoms with E-state index in [1.165, 1.54) is 12.3 Å². The third kappa shape index (κ3) is 3.08. The number of rotatable bonds is 4. The summed E-state index contributed by atoms with van der Waals surface area (Å²) in [4.78, 5) is 11.1. The van der Waals surface area contributed by atoms with E-state index in [4.69, 9.17) is 17.4 Å². The van der Waals surface area contributed by atoms with Gasteiger partial charge in [0.1, 0.15) is 4.90 Å². The van der Waals surface area contributed by atoms with E-state index < -0.39 is 10.0 Å². The molecule has 10 heteroatoms. The van der Waals surface area contributed by atoms with Gasteiger partial charge in [-0.3, -0.25) is 10.1 Å². The zero-order valence-electron chi connectivity index (χ0n) is 9.41. The Morgan fingerprint density at radius 1 is 1.21 bits per heavy atom. The first-order valence-corrected chi connectivity index (χ1v) is 6.81. The third-order valence-electron chi connectivity index (χ3n) is 2.06. The predicted molar refractivity (Wildman–Crippen MR) is 69.9 cm³/mol. The van der Waals surface area contributed by atoms with Crippen molar-refractivity contribution in [3.05, 3.63) is 35.7 Å². The van der Waals surface area contributed by atoms with Crippen LogP contribution in [-0.4, -0.2) is 23.4 Å². The molecule has 2 heterocycles. The number of aromatic nitrogens is 3. The molecule has 0 bridgehead atoms. The van der Waals surface area contributed by atoms with Crippen molar-refractivity contribution in [2.75, 3.05) is 10.1 Å². The fourth-order valence-corrected chi connectivity index (χ4v) is 2.32. The Morgan fingerprint density at radius 2 is 1.89 bits per heavy atom. The number of anilines is 2. The zero-order chi connectivity index (χ0) is 13.9. The summed E-state index contributed by atoms with van der Waals surface area (Å²) >= 11 is 5.82. The molecule has 100 valence electrons. The van der Waals surface area contributed by atoms with Gasteiger partial charge in [0.2, 0.25) is 5.95 Å². The minimum absolute atomic E-state index is 0.0326. The van der Waals surface area contributed by atoms with Crippen LogP contribution in [0.5, 0.6) is 0 Å². The molecule has 0 aliphatic heterocycles. The van der Waals surface area contributed by atoms with Gasteiger partial charge in [-0.2, -0.15) is 0 Å². The molecule has 0 aromatic carbocycles. The number of sulfonamides is 1. The van der Waals surface area contributed by atoms with E-state index in [1.54, 1.807) is 6.07 Å². The molecule has 19 heavy (non-hydrogen) atoms. The number of hydrogen-bond acceptors (Lipinski definition) is 7. The first kappa shape index (κ1) is 13.5. The second-order valence-corrected chi connectivity index (χ2v) is 5.42. The minimum atomic E-state index is -3.85. The number of nitrogens with zero attached hydrogens (tertiary/aromatic N) is 3. The van der Waals surface area contributed by atoms with Crippen molar-refractivity contribution >= 4 is 33.4 Å². The maximum absolute atomic E-state index is 12.0. The average molecular weight is 301 g/mol. The summed E-state index contributed by atoms with van der Waals surface area (Å²) in [5.41, 5.74) is 2.19. The van der Waals surface area contributed by atoms with E-state index in [9.17, 15) is 8.42 Å². The number of hydrogen-bond donors (Lipinski definition) is 3. The van der Waals surface area contributed by atoms with Gasteiger partial charge >= 0.3 is 0 Å². The Bertz CT molecular complexity index is 675. The van der Waals surface area contributed by atoms with Crippen molar-refractivity contribution in [1.82, 2.24) is 15.0 Å². The van der Waals surface area contributed by atoms with Crippen LogP contribution in [0.2, 0.25) is 5.02 Å². The smallest absolute Gasteiger partial charge is 0.266 e. The van der Waals surface area contributed by atoms with Crippen molar-refractivity contribution in [2.24, 2.45) is 5.84 Å². The lowest BCUT2D eigenvalue weighted by atomic mass is 10.5. The molecule has 0 aliphatic carbocycles. The van der Waals surface area contributed by atoms with E-state index >= 15 is 0 Å². The van der Waals surface area contributed by atoms with Gasteiger partial charge in [0.25, 0.3) is 10.0 Å². The summed E-state index contributed by atoms with van der Waals surface area (Å²) in [7, 11) is -3.85. The van der Waals surface area contributed by atoms with Crippen LogP contribution < -0.4 is 16.0 Å². The summed E-state index contributed by atoms with van der Waals surface area (Å²) in [6.07, 6.45) is 3.64. The van der Waals surface area contributed by atoms with Gasteiger partial charge in [-0.1, -0.05) is 11.6 Å². The Labute approximate surface area is 114 Å². The van der Waals surface area contributed by atoms with Crippen molar-refractivity contribution in [2.45, 2.75) is 4.90 Å². The van der Waals surface area contributed by atoms with Crippen LogP contribution in [0, 0.1) is 0 Å². The van der Waals surface area contributed by atoms with Gasteiger partial charge in [-0.25, -0.2) is 29.2 Å². The van der Waals surface area contributed by atoms with Crippen LogP contribution in [0.15, 0.2) is 35.6 Å². The van der Waals surface area contributed by atoms with Crippen LogP contribution in [-0.2, 0) is 10.0 Å². The van der Waals surface area contributed by atoms with Crippen LogP contribution in [0.1, 0.15) is 0 Å². The molecule has 0 aliphatic rings. The summed E-state index contributed by atoms with van der Waals surface area (Å²) in [5.74, 6) is 5.22. The molecule has 2 rings (SSSR count). The van der Waals surface area contributed by atoms with Crippen LogP contribution in [0.4, 0.5) is 11.8 Å². The van der Waals surface area contributed by atoms with Crippen LogP contribution in [0.25, 0.3) is 0 Å². The van der Waals surface area contributed by atoms with Gasteiger partial charge in [0.15, 0.2) is 5.82 Å². The highest BCUT2D eigenvalue weighted by Crippen LogP contribution is 2.20. The lowest BCUT2D eigenvalue weighted by Gasteiger charge is -2.08. The highest BCUT2D eigenvalue weighted by molar-refractivity contribution is 7.92. The Morgan fingerprint density at radius 3 is 2.47 bits per heavy atom. The van der Waals surface area contributed by atoms with Gasteiger partial charge in [0.05, 0.1) is 17.4 Å². The number of nitrogen functional groups attached to an aromatic ring is 1. The second-order valence-electron chi connectivity index (χ2n) is 3.33. The summed E-state index contributed by atoms with van der Waals surface area (Å²) in [5, 5.41) is 0.187.